The number of aromatic nitrogens is 2. The lowest BCUT2D eigenvalue weighted by atomic mass is 9.97. The van der Waals surface area contributed by atoms with Crippen LogP contribution >= 0.6 is 11.3 Å². The topological polar surface area (TPSA) is 86.2 Å². The molecule has 3 aromatic heterocycles. The Balaban J connectivity index is 1.58. The SMILES string of the molecule is O=C(Cn1c(=O)c2c3c(sc2n(Cc2ccccc2)c1=O)CCCC3)NCc1ccco1. The second kappa shape index (κ2) is 8.63. The molecule has 0 spiro atoms. The summed E-state index contributed by atoms with van der Waals surface area (Å²) in [6, 6.07) is 13.2. The second-order valence-corrected chi connectivity index (χ2v) is 9.08. The van der Waals surface area contributed by atoms with Crippen molar-refractivity contribution in [2.24, 2.45) is 0 Å². The molecule has 0 radical (unpaired) electrons. The number of benzene rings is 1. The molecule has 0 atom stereocenters. The molecule has 0 saturated carbocycles. The molecule has 7 nitrogen and oxygen atoms in total. The van der Waals surface area contributed by atoms with Crippen LogP contribution in [0.15, 0.2) is 62.7 Å². The Morgan fingerprint density at radius 3 is 2.62 bits per heavy atom. The summed E-state index contributed by atoms with van der Waals surface area (Å²) >= 11 is 1.55. The molecule has 4 aromatic rings. The first-order valence-electron chi connectivity index (χ1n) is 10.7. The van der Waals surface area contributed by atoms with Gasteiger partial charge in [-0.2, -0.15) is 0 Å². The summed E-state index contributed by atoms with van der Waals surface area (Å²) in [5, 5.41) is 3.32. The van der Waals surface area contributed by atoms with Gasteiger partial charge in [0.1, 0.15) is 17.1 Å². The standard InChI is InChI=1S/C24H23N3O4S/c28-20(25-13-17-9-6-12-31-17)15-26-22(29)21-18-10-4-5-11-19(18)32-23(21)27(24(26)30)14-16-7-2-1-3-8-16/h1-3,6-9,12H,4-5,10-11,13-15H2,(H,25,28). The summed E-state index contributed by atoms with van der Waals surface area (Å²) in [7, 11) is 0. The largest absolute Gasteiger partial charge is 0.467 e. The van der Waals surface area contributed by atoms with Gasteiger partial charge in [-0.15, -0.1) is 11.3 Å². The van der Waals surface area contributed by atoms with E-state index in [-0.39, 0.29) is 18.6 Å². The van der Waals surface area contributed by atoms with Crippen LogP contribution in [0.25, 0.3) is 10.2 Å². The number of carbonyl (C=O) groups is 1. The average Bonchev–Trinajstić information content (AvgIpc) is 3.46. The monoisotopic (exact) mass is 449 g/mol. The highest BCUT2D eigenvalue weighted by Gasteiger charge is 2.24. The van der Waals surface area contributed by atoms with Gasteiger partial charge in [-0.1, -0.05) is 30.3 Å². The minimum atomic E-state index is -0.460. The maximum absolute atomic E-state index is 13.4. The first-order chi connectivity index (χ1) is 15.6. The number of hydrogen-bond donors (Lipinski definition) is 1. The lowest BCUT2D eigenvalue weighted by Gasteiger charge is -2.13. The highest BCUT2D eigenvalue weighted by Crippen LogP contribution is 2.34. The second-order valence-electron chi connectivity index (χ2n) is 7.99. The van der Waals surface area contributed by atoms with E-state index in [0.29, 0.717) is 22.5 Å². The molecule has 5 rings (SSSR count). The number of carbonyl (C=O) groups excluding carboxylic acids is 1. The molecule has 1 aliphatic rings. The Morgan fingerprint density at radius 1 is 1.03 bits per heavy atom. The van der Waals surface area contributed by atoms with Gasteiger partial charge in [0.25, 0.3) is 5.56 Å². The Morgan fingerprint density at radius 2 is 1.84 bits per heavy atom. The molecule has 0 unspecified atom stereocenters. The number of hydrogen-bond acceptors (Lipinski definition) is 5. The Hall–Kier alpha value is -3.39. The minimum absolute atomic E-state index is 0.203. The third-order valence-corrected chi connectivity index (χ3v) is 7.16. The third-order valence-electron chi connectivity index (χ3n) is 5.84. The normalized spacial score (nSPS) is 13.2. The molecule has 3 heterocycles. The van der Waals surface area contributed by atoms with Crippen LogP contribution in [0.4, 0.5) is 0 Å². The van der Waals surface area contributed by atoms with Crippen molar-refractivity contribution in [2.45, 2.75) is 45.3 Å². The van der Waals surface area contributed by atoms with E-state index < -0.39 is 11.6 Å². The lowest BCUT2D eigenvalue weighted by Crippen LogP contribution is -2.43. The fraction of sp³-hybridized carbons (Fsp3) is 0.292. The van der Waals surface area contributed by atoms with E-state index in [0.717, 1.165) is 41.4 Å². The molecule has 164 valence electrons. The summed E-state index contributed by atoms with van der Waals surface area (Å²) in [4.78, 5) is 41.3. The van der Waals surface area contributed by atoms with Crippen molar-refractivity contribution in [1.82, 2.24) is 14.5 Å². The highest BCUT2D eigenvalue weighted by molar-refractivity contribution is 7.18. The van der Waals surface area contributed by atoms with Gasteiger partial charge in [0, 0.05) is 4.88 Å². The zero-order chi connectivity index (χ0) is 22.1. The van der Waals surface area contributed by atoms with Crippen molar-refractivity contribution in [1.29, 1.82) is 0 Å². The van der Waals surface area contributed by atoms with Gasteiger partial charge in [0.15, 0.2) is 0 Å². The number of nitrogens with zero attached hydrogens (tertiary/aromatic N) is 2. The van der Waals surface area contributed by atoms with E-state index in [1.165, 1.54) is 11.1 Å². The maximum atomic E-state index is 13.4. The molecular formula is C24H23N3O4S. The third kappa shape index (κ3) is 3.82. The van der Waals surface area contributed by atoms with E-state index in [1.807, 2.05) is 30.3 Å². The van der Waals surface area contributed by atoms with Crippen LogP contribution in [0, 0.1) is 0 Å². The molecule has 1 aliphatic carbocycles. The number of nitrogens with one attached hydrogen (secondary N) is 1. The molecule has 0 bridgehead atoms. The van der Waals surface area contributed by atoms with Crippen LogP contribution < -0.4 is 16.6 Å². The lowest BCUT2D eigenvalue weighted by molar-refractivity contribution is -0.122. The zero-order valence-electron chi connectivity index (χ0n) is 17.5. The average molecular weight is 450 g/mol. The molecule has 0 saturated heterocycles. The van der Waals surface area contributed by atoms with Gasteiger partial charge < -0.3 is 9.73 Å². The summed E-state index contributed by atoms with van der Waals surface area (Å²) in [5.41, 5.74) is 1.18. The van der Waals surface area contributed by atoms with Gasteiger partial charge in [0.05, 0.1) is 24.7 Å². The first kappa shape index (κ1) is 20.5. The van der Waals surface area contributed by atoms with Crippen molar-refractivity contribution in [3.63, 3.8) is 0 Å². The smallest absolute Gasteiger partial charge is 0.332 e. The summed E-state index contributed by atoms with van der Waals surface area (Å²) in [6.45, 7) is 0.229. The molecule has 8 heteroatoms. The number of aryl methyl sites for hydroxylation is 2. The fourth-order valence-corrected chi connectivity index (χ4v) is 5.63. The van der Waals surface area contributed by atoms with Gasteiger partial charge in [-0.05, 0) is 48.9 Å². The Kier molecular flexibility index (Phi) is 5.53. The highest BCUT2D eigenvalue weighted by atomic mass is 32.1. The molecular weight excluding hydrogens is 426 g/mol. The Bertz CT molecular complexity index is 1380. The van der Waals surface area contributed by atoms with Crippen molar-refractivity contribution in [3.05, 3.63) is 91.3 Å². The van der Waals surface area contributed by atoms with E-state index in [9.17, 15) is 14.4 Å². The number of thiophene rings is 1. The molecule has 1 aromatic carbocycles. The number of fused-ring (bicyclic) bond motifs is 3. The Labute approximate surface area is 187 Å². The summed E-state index contributed by atoms with van der Waals surface area (Å²) in [6.07, 6.45) is 5.41. The summed E-state index contributed by atoms with van der Waals surface area (Å²) in [5.74, 6) is 0.199. The van der Waals surface area contributed by atoms with Gasteiger partial charge >= 0.3 is 5.69 Å². The number of furan rings is 1. The van der Waals surface area contributed by atoms with Crippen LogP contribution in [-0.4, -0.2) is 15.0 Å². The van der Waals surface area contributed by atoms with Crippen molar-refractivity contribution < 1.29 is 9.21 Å². The number of amides is 1. The van der Waals surface area contributed by atoms with E-state index in [4.69, 9.17) is 4.42 Å². The van der Waals surface area contributed by atoms with Crippen molar-refractivity contribution in [3.8, 4) is 0 Å². The van der Waals surface area contributed by atoms with E-state index in [1.54, 1.807) is 28.0 Å². The van der Waals surface area contributed by atoms with Crippen LogP contribution in [0.5, 0.6) is 0 Å². The molecule has 0 aliphatic heterocycles. The zero-order valence-corrected chi connectivity index (χ0v) is 18.3. The van der Waals surface area contributed by atoms with Gasteiger partial charge in [-0.3, -0.25) is 18.7 Å². The van der Waals surface area contributed by atoms with E-state index in [2.05, 4.69) is 5.32 Å². The predicted octanol–water partition coefficient (Wildman–Crippen LogP) is 3.06. The van der Waals surface area contributed by atoms with Crippen molar-refractivity contribution in [2.75, 3.05) is 0 Å². The number of rotatable bonds is 6. The maximum Gasteiger partial charge on any atom is 0.332 e. The quantitative estimate of drug-likeness (QED) is 0.490. The minimum Gasteiger partial charge on any atom is -0.467 e. The summed E-state index contributed by atoms with van der Waals surface area (Å²) < 4.78 is 7.95. The first-order valence-corrected chi connectivity index (χ1v) is 11.5. The predicted molar refractivity (Wildman–Crippen MR) is 123 cm³/mol. The van der Waals surface area contributed by atoms with Crippen LogP contribution in [0.2, 0.25) is 0 Å². The van der Waals surface area contributed by atoms with Gasteiger partial charge in [0.2, 0.25) is 5.91 Å². The van der Waals surface area contributed by atoms with Crippen LogP contribution in [-0.2, 0) is 37.3 Å². The van der Waals surface area contributed by atoms with Crippen LogP contribution in [0.1, 0.15) is 34.6 Å². The van der Waals surface area contributed by atoms with Gasteiger partial charge in [-0.25, -0.2) is 4.79 Å². The molecule has 1 amide bonds. The van der Waals surface area contributed by atoms with Crippen LogP contribution in [0.3, 0.4) is 0 Å². The van der Waals surface area contributed by atoms with Crippen molar-refractivity contribution >= 4 is 27.5 Å². The molecule has 1 N–H and O–H groups in total. The molecule has 32 heavy (non-hydrogen) atoms. The fourth-order valence-electron chi connectivity index (χ4n) is 4.26. The molecule has 0 fully saturated rings. The van der Waals surface area contributed by atoms with E-state index >= 15 is 0 Å².